The predicted molar refractivity (Wildman–Crippen MR) is 117 cm³/mol. The Morgan fingerprint density at radius 1 is 1.08 bits per heavy atom. The van der Waals surface area contributed by atoms with Gasteiger partial charge >= 0.3 is 0 Å². The lowest BCUT2D eigenvalue weighted by atomic mass is 9.82. The second-order valence-corrected chi connectivity index (χ2v) is 8.35. The van der Waals surface area contributed by atoms with E-state index in [1.807, 2.05) is 7.05 Å². The molecule has 2 aliphatic heterocycles. The van der Waals surface area contributed by atoms with Crippen molar-refractivity contribution >= 4 is 29.9 Å². The molecular weight excluding hydrogens is 425 g/mol. The van der Waals surface area contributed by atoms with Crippen LogP contribution >= 0.6 is 24.0 Å². The average molecular weight is 463 g/mol. The summed E-state index contributed by atoms with van der Waals surface area (Å²) in [6, 6.07) is 0. The molecule has 2 heterocycles. The number of guanidine groups is 1. The Kier molecular flexibility index (Phi) is 8.75. The van der Waals surface area contributed by atoms with Crippen LogP contribution in [-0.4, -0.2) is 87.1 Å². The van der Waals surface area contributed by atoms with Crippen LogP contribution in [-0.2, 0) is 0 Å². The molecule has 3 aliphatic rings. The molecule has 1 saturated carbocycles. The summed E-state index contributed by atoms with van der Waals surface area (Å²) < 4.78 is 0. The van der Waals surface area contributed by atoms with Crippen molar-refractivity contribution < 1.29 is 0 Å². The van der Waals surface area contributed by atoms with Crippen molar-refractivity contribution in [3.8, 4) is 0 Å². The number of hydrogen-bond acceptors (Lipinski definition) is 3. The van der Waals surface area contributed by atoms with E-state index in [0.29, 0.717) is 5.92 Å². The van der Waals surface area contributed by atoms with Crippen molar-refractivity contribution in [2.45, 2.75) is 32.6 Å². The topological polar surface area (TPSA) is 34.1 Å². The first kappa shape index (κ1) is 21.2. The van der Waals surface area contributed by atoms with Crippen LogP contribution in [0.4, 0.5) is 0 Å². The maximum atomic E-state index is 4.57. The van der Waals surface area contributed by atoms with Crippen molar-refractivity contribution in [3.05, 3.63) is 0 Å². The van der Waals surface area contributed by atoms with E-state index < -0.39 is 0 Å². The predicted octanol–water partition coefficient (Wildman–Crippen LogP) is 2.19. The lowest BCUT2D eigenvalue weighted by Crippen LogP contribution is -2.48. The zero-order chi connectivity index (χ0) is 16.9. The van der Waals surface area contributed by atoms with Crippen molar-refractivity contribution in [1.82, 2.24) is 20.0 Å². The first-order valence-corrected chi connectivity index (χ1v) is 10.0. The summed E-state index contributed by atoms with van der Waals surface area (Å²) >= 11 is 0. The van der Waals surface area contributed by atoms with Gasteiger partial charge in [-0.3, -0.25) is 4.99 Å². The Morgan fingerprint density at radius 3 is 2.24 bits per heavy atom. The van der Waals surface area contributed by atoms with Gasteiger partial charge in [0.15, 0.2) is 5.96 Å². The van der Waals surface area contributed by atoms with E-state index in [1.165, 1.54) is 71.5 Å². The third kappa shape index (κ3) is 5.96. The van der Waals surface area contributed by atoms with Gasteiger partial charge < -0.3 is 20.0 Å². The summed E-state index contributed by atoms with van der Waals surface area (Å²) in [5.41, 5.74) is 0. The summed E-state index contributed by atoms with van der Waals surface area (Å²) in [6.45, 7) is 11.9. The first-order chi connectivity index (χ1) is 11.7. The highest BCUT2D eigenvalue weighted by molar-refractivity contribution is 14.0. The van der Waals surface area contributed by atoms with Gasteiger partial charge in [0.05, 0.1) is 0 Å². The molecule has 3 atom stereocenters. The number of aliphatic imine (C=N–C) groups is 1. The third-order valence-corrected chi connectivity index (χ3v) is 6.26. The van der Waals surface area contributed by atoms with E-state index in [9.17, 15) is 0 Å². The molecule has 0 bridgehead atoms. The normalized spacial score (nSPS) is 29.9. The number of piperazine rings is 1. The van der Waals surface area contributed by atoms with Crippen molar-refractivity contribution in [2.24, 2.45) is 22.7 Å². The van der Waals surface area contributed by atoms with Crippen LogP contribution in [0.2, 0.25) is 0 Å². The van der Waals surface area contributed by atoms with E-state index in [0.717, 1.165) is 24.3 Å². The quantitative estimate of drug-likeness (QED) is 0.394. The molecule has 0 amide bonds. The highest BCUT2D eigenvalue weighted by atomic mass is 127. The summed E-state index contributed by atoms with van der Waals surface area (Å²) in [5, 5.41) is 3.66. The first-order valence-electron chi connectivity index (χ1n) is 10.0. The molecule has 1 N–H and O–H groups in total. The Morgan fingerprint density at radius 2 is 1.68 bits per heavy atom. The van der Waals surface area contributed by atoms with Gasteiger partial charge in [0.1, 0.15) is 0 Å². The van der Waals surface area contributed by atoms with E-state index in [4.69, 9.17) is 0 Å². The van der Waals surface area contributed by atoms with Gasteiger partial charge in [-0.2, -0.15) is 0 Å². The van der Waals surface area contributed by atoms with Crippen molar-refractivity contribution in [1.29, 1.82) is 0 Å². The Labute approximate surface area is 171 Å². The molecule has 3 rings (SSSR count). The number of nitrogens with one attached hydrogen (secondary N) is 1. The molecule has 0 aromatic rings. The highest BCUT2D eigenvalue weighted by Gasteiger charge is 2.35. The number of likely N-dealkylation sites (N-methyl/N-ethyl adjacent to an activating group) is 1. The van der Waals surface area contributed by atoms with Gasteiger partial charge in [0.25, 0.3) is 0 Å². The minimum absolute atomic E-state index is 0. The fourth-order valence-corrected chi connectivity index (χ4v) is 4.71. The van der Waals surface area contributed by atoms with Crippen LogP contribution in [0.1, 0.15) is 32.6 Å². The maximum absolute atomic E-state index is 4.57. The fraction of sp³-hybridized carbons (Fsp3) is 0.947. The number of rotatable bonds is 4. The van der Waals surface area contributed by atoms with Gasteiger partial charge in [-0.15, -0.1) is 24.0 Å². The molecule has 3 unspecified atom stereocenters. The molecule has 25 heavy (non-hydrogen) atoms. The van der Waals surface area contributed by atoms with Crippen LogP contribution in [0.5, 0.6) is 0 Å². The molecule has 0 aromatic heterocycles. The Balaban J connectivity index is 0.00000225. The lowest BCUT2D eigenvalue weighted by molar-refractivity contribution is 0.139. The van der Waals surface area contributed by atoms with Crippen molar-refractivity contribution in [3.63, 3.8) is 0 Å². The zero-order valence-corrected chi connectivity index (χ0v) is 18.7. The molecule has 0 spiro atoms. The number of fused-ring (bicyclic) bond motifs is 1. The van der Waals surface area contributed by atoms with Gasteiger partial charge in [0.2, 0.25) is 0 Å². The lowest BCUT2D eigenvalue weighted by Gasteiger charge is -2.34. The molecular formula is C19H38IN5. The highest BCUT2D eigenvalue weighted by Crippen LogP contribution is 2.35. The van der Waals surface area contributed by atoms with Crippen LogP contribution in [0, 0.1) is 17.8 Å². The molecule has 146 valence electrons. The van der Waals surface area contributed by atoms with E-state index in [2.05, 4.69) is 39.0 Å². The second kappa shape index (κ2) is 10.3. The zero-order valence-electron chi connectivity index (χ0n) is 16.4. The van der Waals surface area contributed by atoms with Gasteiger partial charge in [0, 0.05) is 59.4 Å². The summed E-state index contributed by atoms with van der Waals surface area (Å²) in [4.78, 5) is 12.1. The number of nitrogens with zero attached hydrogens (tertiary/aromatic N) is 4. The van der Waals surface area contributed by atoms with E-state index in [1.54, 1.807) is 0 Å². The van der Waals surface area contributed by atoms with Gasteiger partial charge in [-0.1, -0.05) is 19.8 Å². The second-order valence-electron chi connectivity index (χ2n) is 8.35. The summed E-state index contributed by atoms with van der Waals surface area (Å²) in [5.74, 6) is 3.63. The molecule has 3 fully saturated rings. The third-order valence-electron chi connectivity index (χ3n) is 6.26. The van der Waals surface area contributed by atoms with Crippen LogP contribution < -0.4 is 5.32 Å². The minimum atomic E-state index is 0. The number of halogens is 1. The SMILES string of the molecule is CN=C(NCC(C)CN1CCN(C)CC1)N1CC2CCCCC2C1.I. The van der Waals surface area contributed by atoms with E-state index >= 15 is 0 Å². The van der Waals surface area contributed by atoms with Gasteiger partial charge in [-0.25, -0.2) is 0 Å². The Bertz CT molecular complexity index is 408. The monoisotopic (exact) mass is 463 g/mol. The van der Waals surface area contributed by atoms with Crippen LogP contribution in [0.15, 0.2) is 4.99 Å². The molecule has 0 aromatic carbocycles. The fourth-order valence-electron chi connectivity index (χ4n) is 4.71. The van der Waals surface area contributed by atoms with Gasteiger partial charge in [-0.05, 0) is 37.6 Å². The number of hydrogen-bond donors (Lipinski definition) is 1. The Hall–Kier alpha value is -0.0800. The minimum Gasteiger partial charge on any atom is -0.356 e. The molecule has 1 aliphatic carbocycles. The number of likely N-dealkylation sites (tertiary alicyclic amines) is 1. The molecule has 5 nitrogen and oxygen atoms in total. The largest absolute Gasteiger partial charge is 0.356 e. The van der Waals surface area contributed by atoms with E-state index in [-0.39, 0.29) is 24.0 Å². The van der Waals surface area contributed by atoms with Crippen LogP contribution in [0.3, 0.4) is 0 Å². The van der Waals surface area contributed by atoms with Crippen molar-refractivity contribution in [2.75, 3.05) is 66.5 Å². The van der Waals surface area contributed by atoms with Crippen LogP contribution in [0.25, 0.3) is 0 Å². The smallest absolute Gasteiger partial charge is 0.193 e. The standard InChI is InChI=1S/C19H37N5.HI/c1-16(13-23-10-8-22(3)9-11-23)12-21-19(20-2)24-14-17-6-4-5-7-18(17)15-24;/h16-18H,4-15H2,1-3H3,(H,20,21);1H. The molecule has 0 radical (unpaired) electrons. The molecule has 2 saturated heterocycles. The summed E-state index contributed by atoms with van der Waals surface area (Å²) in [6.07, 6.45) is 5.72. The summed E-state index contributed by atoms with van der Waals surface area (Å²) in [7, 11) is 4.16. The molecule has 6 heteroatoms. The maximum Gasteiger partial charge on any atom is 0.193 e. The average Bonchev–Trinajstić information content (AvgIpc) is 3.01.